The Bertz CT molecular complexity index is 1050. The van der Waals surface area contributed by atoms with Crippen LogP contribution >= 0.6 is 0 Å². The number of ketones is 1. The maximum Gasteiger partial charge on any atom is 0.308 e. The van der Waals surface area contributed by atoms with E-state index in [-0.39, 0.29) is 13.0 Å². The molecular formula is C23H24N2O4. The number of fused-ring (bicyclic) bond motifs is 1. The lowest BCUT2D eigenvalue weighted by Crippen LogP contribution is -2.36. The number of ether oxygens (including phenoxy) is 1. The average Bonchev–Trinajstić information content (AvgIpc) is 3.03. The summed E-state index contributed by atoms with van der Waals surface area (Å²) in [5, 5.41) is 3.42. The number of aryl methyl sites for hydroxylation is 2. The summed E-state index contributed by atoms with van der Waals surface area (Å²) in [5.41, 5.74) is 3.56. The molecule has 0 radical (unpaired) electrons. The Kier molecular flexibility index (Phi) is 6.12. The second-order valence-electron chi connectivity index (χ2n) is 6.95. The van der Waals surface area contributed by atoms with Crippen molar-refractivity contribution in [3.05, 3.63) is 70.9 Å². The number of H-pyrrole nitrogens is 1. The van der Waals surface area contributed by atoms with E-state index in [1.807, 2.05) is 49.4 Å². The number of aromatic nitrogens is 1. The van der Waals surface area contributed by atoms with Gasteiger partial charge in [-0.1, -0.05) is 48.0 Å². The number of carbonyl (C=O) groups is 3. The second-order valence-corrected chi connectivity index (χ2v) is 6.95. The highest BCUT2D eigenvalue weighted by atomic mass is 16.5. The number of carbonyl (C=O) groups excluding carboxylic acids is 3. The van der Waals surface area contributed by atoms with Crippen molar-refractivity contribution in [3.63, 3.8) is 0 Å². The van der Waals surface area contributed by atoms with Crippen molar-refractivity contribution in [1.82, 2.24) is 10.3 Å². The molecule has 0 unspecified atom stereocenters. The van der Waals surface area contributed by atoms with Crippen LogP contribution in [0, 0.1) is 13.8 Å². The summed E-state index contributed by atoms with van der Waals surface area (Å²) in [6.07, 6.45) is -0.0528. The largest absolute Gasteiger partial charge is 0.466 e. The van der Waals surface area contributed by atoms with Gasteiger partial charge in [0.2, 0.25) is 0 Å². The predicted octanol–water partition coefficient (Wildman–Crippen LogP) is 3.78. The van der Waals surface area contributed by atoms with Gasteiger partial charge in [0.05, 0.1) is 24.6 Å². The third-order valence-electron chi connectivity index (χ3n) is 4.79. The van der Waals surface area contributed by atoms with Gasteiger partial charge in [-0.25, -0.2) is 0 Å². The summed E-state index contributed by atoms with van der Waals surface area (Å²) in [4.78, 5) is 40.9. The Morgan fingerprint density at radius 1 is 1.03 bits per heavy atom. The van der Waals surface area contributed by atoms with Crippen molar-refractivity contribution in [2.75, 3.05) is 6.61 Å². The molecule has 0 fully saturated rings. The predicted molar refractivity (Wildman–Crippen MR) is 111 cm³/mol. The molecule has 0 saturated carbocycles. The molecule has 1 aromatic heterocycles. The van der Waals surface area contributed by atoms with Crippen LogP contribution in [0.1, 0.15) is 46.6 Å². The van der Waals surface area contributed by atoms with Crippen LogP contribution in [-0.2, 0) is 14.3 Å². The molecule has 2 aromatic carbocycles. The molecule has 0 spiro atoms. The molecule has 1 heterocycles. The van der Waals surface area contributed by atoms with Crippen molar-refractivity contribution in [2.24, 2.45) is 0 Å². The van der Waals surface area contributed by atoms with Crippen molar-refractivity contribution in [3.8, 4) is 0 Å². The van der Waals surface area contributed by atoms with Gasteiger partial charge in [-0.3, -0.25) is 14.4 Å². The minimum atomic E-state index is -0.757. The fourth-order valence-corrected chi connectivity index (χ4v) is 3.34. The van der Waals surface area contributed by atoms with Crippen molar-refractivity contribution < 1.29 is 19.1 Å². The van der Waals surface area contributed by atoms with Crippen molar-refractivity contribution >= 4 is 28.6 Å². The SMILES string of the molecule is CCOC(=O)C[C@H](NC(=O)C(=O)c1c(C)[nH]c2ccccc12)c1ccc(C)cc1. The molecular weight excluding hydrogens is 368 g/mol. The number of benzene rings is 2. The Morgan fingerprint density at radius 3 is 2.41 bits per heavy atom. The molecule has 6 nitrogen and oxygen atoms in total. The molecule has 2 N–H and O–H groups in total. The topological polar surface area (TPSA) is 88.3 Å². The summed E-state index contributed by atoms with van der Waals surface area (Å²) < 4.78 is 5.03. The first kappa shape index (κ1) is 20.3. The third kappa shape index (κ3) is 4.54. The van der Waals surface area contributed by atoms with Gasteiger partial charge in [0.1, 0.15) is 0 Å². The van der Waals surface area contributed by atoms with E-state index in [2.05, 4.69) is 10.3 Å². The Morgan fingerprint density at radius 2 is 1.72 bits per heavy atom. The quantitative estimate of drug-likeness (QED) is 0.364. The molecule has 3 aromatic rings. The molecule has 3 rings (SSSR count). The van der Waals surface area contributed by atoms with Gasteiger partial charge in [-0.2, -0.15) is 0 Å². The fraction of sp³-hybridized carbons (Fsp3) is 0.261. The molecule has 0 saturated heterocycles. The van der Waals surface area contributed by atoms with Gasteiger partial charge in [0, 0.05) is 16.6 Å². The Hall–Kier alpha value is -3.41. The monoisotopic (exact) mass is 392 g/mol. The van der Waals surface area contributed by atoms with Crippen LogP contribution in [-0.4, -0.2) is 29.3 Å². The van der Waals surface area contributed by atoms with Crippen LogP contribution in [0.4, 0.5) is 0 Å². The first-order valence-corrected chi connectivity index (χ1v) is 9.55. The summed E-state index contributed by atoms with van der Waals surface area (Å²) in [7, 11) is 0. The molecule has 1 amide bonds. The van der Waals surface area contributed by atoms with Crippen LogP contribution in [0.15, 0.2) is 48.5 Å². The van der Waals surface area contributed by atoms with E-state index in [0.717, 1.165) is 16.6 Å². The van der Waals surface area contributed by atoms with E-state index in [4.69, 9.17) is 4.74 Å². The molecule has 150 valence electrons. The van der Waals surface area contributed by atoms with E-state index >= 15 is 0 Å². The number of aromatic amines is 1. The molecule has 0 aliphatic carbocycles. The maximum atomic E-state index is 12.9. The summed E-state index contributed by atoms with van der Waals surface area (Å²) in [6.45, 7) is 5.68. The standard InChI is InChI=1S/C23H24N2O4/c1-4-29-20(26)13-19(16-11-9-14(2)10-12-16)25-23(28)22(27)21-15(3)24-18-8-6-5-7-17(18)21/h5-12,19,24H,4,13H2,1-3H3,(H,25,28)/t19-/m0/s1. The number of hydrogen-bond acceptors (Lipinski definition) is 4. The van der Waals surface area contributed by atoms with Gasteiger partial charge in [-0.05, 0) is 32.4 Å². The zero-order chi connectivity index (χ0) is 21.0. The number of para-hydroxylation sites is 1. The number of hydrogen-bond donors (Lipinski definition) is 2. The second kappa shape index (κ2) is 8.73. The van der Waals surface area contributed by atoms with Crippen LogP contribution in [0.3, 0.4) is 0 Å². The number of rotatable bonds is 7. The zero-order valence-electron chi connectivity index (χ0n) is 16.7. The average molecular weight is 392 g/mol. The third-order valence-corrected chi connectivity index (χ3v) is 4.79. The molecule has 0 aliphatic rings. The van der Waals surface area contributed by atoms with Gasteiger partial charge >= 0.3 is 5.97 Å². The minimum absolute atomic E-state index is 0.0528. The van der Waals surface area contributed by atoms with Crippen LogP contribution < -0.4 is 5.32 Å². The number of nitrogens with one attached hydrogen (secondary N) is 2. The molecule has 29 heavy (non-hydrogen) atoms. The lowest BCUT2D eigenvalue weighted by atomic mass is 10.0. The summed E-state index contributed by atoms with van der Waals surface area (Å²) in [5.74, 6) is -1.83. The maximum absolute atomic E-state index is 12.9. The van der Waals surface area contributed by atoms with Crippen LogP contribution in [0.25, 0.3) is 10.9 Å². The first-order chi connectivity index (χ1) is 13.9. The number of esters is 1. The molecule has 0 aliphatic heterocycles. The molecule has 0 bridgehead atoms. The number of Topliss-reactive ketones (excluding diaryl/α,β-unsaturated/α-hetero) is 1. The normalized spacial score (nSPS) is 11.8. The van der Waals surface area contributed by atoms with Gasteiger partial charge in [0.15, 0.2) is 0 Å². The Labute approximate surface area is 169 Å². The van der Waals surface area contributed by atoms with Gasteiger partial charge < -0.3 is 15.0 Å². The van der Waals surface area contributed by atoms with E-state index in [0.29, 0.717) is 16.6 Å². The van der Waals surface area contributed by atoms with E-state index in [1.54, 1.807) is 19.9 Å². The van der Waals surface area contributed by atoms with Crippen molar-refractivity contribution in [2.45, 2.75) is 33.2 Å². The van der Waals surface area contributed by atoms with Gasteiger partial charge in [0.25, 0.3) is 11.7 Å². The highest BCUT2D eigenvalue weighted by Gasteiger charge is 2.26. The lowest BCUT2D eigenvalue weighted by molar-refractivity contribution is -0.143. The van der Waals surface area contributed by atoms with Crippen molar-refractivity contribution in [1.29, 1.82) is 0 Å². The smallest absolute Gasteiger partial charge is 0.308 e. The fourth-order valence-electron chi connectivity index (χ4n) is 3.34. The van der Waals surface area contributed by atoms with E-state index in [9.17, 15) is 14.4 Å². The van der Waals surface area contributed by atoms with Gasteiger partial charge in [-0.15, -0.1) is 0 Å². The first-order valence-electron chi connectivity index (χ1n) is 9.55. The van der Waals surface area contributed by atoms with Crippen LogP contribution in [0.2, 0.25) is 0 Å². The summed E-state index contributed by atoms with van der Waals surface area (Å²) in [6, 6.07) is 14.1. The molecule has 6 heteroatoms. The van der Waals surface area contributed by atoms with E-state index in [1.165, 1.54) is 0 Å². The molecule has 1 atom stereocenters. The minimum Gasteiger partial charge on any atom is -0.466 e. The highest BCUT2D eigenvalue weighted by molar-refractivity contribution is 6.45. The highest BCUT2D eigenvalue weighted by Crippen LogP contribution is 2.23. The Balaban J connectivity index is 1.86. The zero-order valence-corrected chi connectivity index (χ0v) is 16.7. The summed E-state index contributed by atoms with van der Waals surface area (Å²) >= 11 is 0. The lowest BCUT2D eigenvalue weighted by Gasteiger charge is -2.18. The van der Waals surface area contributed by atoms with Crippen LogP contribution in [0.5, 0.6) is 0 Å². The number of amides is 1. The van der Waals surface area contributed by atoms with E-state index < -0.39 is 23.7 Å².